The fourth-order valence-electron chi connectivity index (χ4n) is 3.85. The van der Waals surface area contributed by atoms with Crippen LogP contribution in [0, 0.1) is 0 Å². The van der Waals surface area contributed by atoms with Gasteiger partial charge in [0.2, 0.25) is 0 Å². The van der Waals surface area contributed by atoms with E-state index in [2.05, 4.69) is 16.7 Å². The summed E-state index contributed by atoms with van der Waals surface area (Å²) in [5.41, 5.74) is 3.28. The number of fused-ring (bicyclic) bond motifs is 1. The third kappa shape index (κ3) is 3.30. The summed E-state index contributed by atoms with van der Waals surface area (Å²) >= 11 is 6.09. The number of aliphatic hydroxyl groups excluding tert-OH is 2. The van der Waals surface area contributed by atoms with E-state index < -0.39 is 30.6 Å². The van der Waals surface area contributed by atoms with Crippen LogP contribution < -0.4 is 0 Å². The Morgan fingerprint density at radius 1 is 1.24 bits per heavy atom. The predicted molar refractivity (Wildman–Crippen MR) is 112 cm³/mol. The number of hydrogen-bond acceptors (Lipinski definition) is 6. The van der Waals surface area contributed by atoms with Crippen molar-refractivity contribution in [1.29, 1.82) is 0 Å². The highest BCUT2D eigenvalue weighted by molar-refractivity contribution is 6.30. The van der Waals surface area contributed by atoms with Crippen molar-refractivity contribution in [3.05, 3.63) is 58.4 Å². The summed E-state index contributed by atoms with van der Waals surface area (Å²) < 4.78 is 13.5. The van der Waals surface area contributed by atoms with E-state index in [4.69, 9.17) is 21.1 Å². The Balaban J connectivity index is 1.68. The van der Waals surface area contributed by atoms with Gasteiger partial charge in [-0.15, -0.1) is 0 Å². The zero-order valence-electron chi connectivity index (χ0n) is 16.1. The molecule has 0 saturated carbocycles. The Kier molecular flexibility index (Phi) is 5.31. The third-order valence-corrected chi connectivity index (χ3v) is 5.67. The fraction of sp³-hybridized carbons (Fsp3) is 0.333. The van der Waals surface area contributed by atoms with Crippen molar-refractivity contribution in [3.8, 4) is 0 Å². The van der Waals surface area contributed by atoms with E-state index in [9.17, 15) is 10.2 Å². The highest BCUT2D eigenvalue weighted by Gasteiger charge is 2.49. The van der Waals surface area contributed by atoms with Gasteiger partial charge >= 0.3 is 0 Å². The highest BCUT2D eigenvalue weighted by Crippen LogP contribution is 2.42. The van der Waals surface area contributed by atoms with Crippen molar-refractivity contribution in [2.75, 3.05) is 7.05 Å². The van der Waals surface area contributed by atoms with Gasteiger partial charge in [0.15, 0.2) is 12.3 Å². The second-order valence-electron chi connectivity index (χ2n) is 7.03. The number of ether oxygens (including phenoxy) is 2. The first-order valence-corrected chi connectivity index (χ1v) is 9.58. The minimum absolute atomic E-state index is 0.515. The molecule has 2 aliphatic heterocycles. The third-order valence-electron chi connectivity index (χ3n) is 5.44. The van der Waals surface area contributed by atoms with Crippen molar-refractivity contribution in [2.45, 2.75) is 37.6 Å². The van der Waals surface area contributed by atoms with Crippen LogP contribution >= 0.6 is 11.6 Å². The van der Waals surface area contributed by atoms with Crippen LogP contribution in [0.4, 0.5) is 5.82 Å². The molecule has 1 fully saturated rings. The largest absolute Gasteiger partial charge is 0.490 e. The van der Waals surface area contributed by atoms with E-state index in [0.29, 0.717) is 10.8 Å². The molecule has 1 saturated heterocycles. The molecule has 5 atom stereocenters. The van der Waals surface area contributed by atoms with Gasteiger partial charge in [-0.05, 0) is 43.5 Å². The minimum Gasteiger partial charge on any atom is -0.490 e. The maximum Gasteiger partial charge on any atom is 0.164 e. The van der Waals surface area contributed by atoms with Crippen molar-refractivity contribution in [1.82, 2.24) is 4.57 Å². The SMILES string of the molecule is C=Nc1c(/C(C)=N\C)ccn1[C@@H]1O[C@H]([C@@H]2OC=Cc3cc(Cl)ccc32)[C@@H](O)[C@H]1O. The van der Waals surface area contributed by atoms with Crippen LogP contribution in [0.15, 0.2) is 46.7 Å². The van der Waals surface area contributed by atoms with Crippen LogP contribution in [0.1, 0.15) is 35.9 Å². The number of nitrogens with zero attached hydrogens (tertiary/aromatic N) is 3. The van der Waals surface area contributed by atoms with E-state index >= 15 is 0 Å². The van der Waals surface area contributed by atoms with Gasteiger partial charge in [0.1, 0.15) is 24.1 Å². The van der Waals surface area contributed by atoms with Gasteiger partial charge < -0.3 is 24.3 Å². The zero-order valence-corrected chi connectivity index (χ0v) is 16.8. The van der Waals surface area contributed by atoms with Gasteiger partial charge in [0, 0.05) is 35.1 Å². The normalized spacial score (nSPS) is 28.9. The van der Waals surface area contributed by atoms with Crippen molar-refractivity contribution >= 4 is 35.9 Å². The lowest BCUT2D eigenvalue weighted by Gasteiger charge is -2.29. The molecule has 3 heterocycles. The Hall–Kier alpha value is -2.45. The zero-order chi connectivity index (χ0) is 20.7. The highest BCUT2D eigenvalue weighted by atomic mass is 35.5. The average molecular weight is 416 g/mol. The summed E-state index contributed by atoms with van der Waals surface area (Å²) in [6.45, 7) is 5.49. The van der Waals surface area contributed by atoms with Crippen molar-refractivity contribution < 1.29 is 19.7 Å². The summed E-state index contributed by atoms with van der Waals surface area (Å²) in [5, 5.41) is 22.1. The number of aliphatic hydroxyl groups is 2. The molecular formula is C21H22ClN3O4. The molecular weight excluding hydrogens is 394 g/mol. The molecule has 29 heavy (non-hydrogen) atoms. The quantitative estimate of drug-likeness (QED) is 0.750. The van der Waals surface area contributed by atoms with Crippen LogP contribution in [0.5, 0.6) is 0 Å². The molecule has 0 amide bonds. The molecule has 2 aromatic rings. The molecule has 152 valence electrons. The Bertz CT molecular complexity index is 1000. The van der Waals surface area contributed by atoms with Crippen molar-refractivity contribution in [2.24, 2.45) is 9.98 Å². The fourth-order valence-corrected chi connectivity index (χ4v) is 4.03. The van der Waals surface area contributed by atoms with Gasteiger partial charge in [-0.25, -0.2) is 4.99 Å². The van der Waals surface area contributed by atoms with E-state index in [-0.39, 0.29) is 0 Å². The summed E-state index contributed by atoms with van der Waals surface area (Å²) in [5.74, 6) is 0.515. The monoisotopic (exact) mass is 415 g/mol. The summed E-state index contributed by atoms with van der Waals surface area (Å²) in [4.78, 5) is 8.28. The van der Waals surface area contributed by atoms with Gasteiger partial charge in [-0.1, -0.05) is 17.7 Å². The summed E-state index contributed by atoms with van der Waals surface area (Å²) in [6.07, 6.45) is 0.531. The molecule has 8 heteroatoms. The molecule has 0 unspecified atom stereocenters. The number of benzene rings is 1. The van der Waals surface area contributed by atoms with E-state index in [1.807, 2.05) is 25.1 Å². The Morgan fingerprint density at radius 2 is 2.03 bits per heavy atom. The summed E-state index contributed by atoms with van der Waals surface area (Å²) in [7, 11) is 1.69. The molecule has 1 aromatic carbocycles. The molecule has 2 aliphatic rings. The number of rotatable bonds is 4. The standard InChI is InChI=1S/C21H22ClN3O4/c1-11(23-2)14-6-8-25(20(14)24-3)21-17(27)16(26)19(29-21)18-15-5-4-13(22)10-12(15)7-9-28-18/h4-10,16-19,21,26-27H,3H2,1-2H3/b23-11-/t16-,17+,18+,19-,21+/m0/s1. The molecule has 7 nitrogen and oxygen atoms in total. The van der Waals surface area contributed by atoms with Crippen LogP contribution in [0.3, 0.4) is 0 Å². The maximum atomic E-state index is 10.8. The second kappa shape index (κ2) is 7.76. The van der Waals surface area contributed by atoms with Gasteiger partial charge in [-0.2, -0.15) is 0 Å². The van der Waals surface area contributed by atoms with Gasteiger partial charge in [-0.3, -0.25) is 4.99 Å². The first kappa shape index (κ1) is 19.8. The van der Waals surface area contributed by atoms with E-state index in [1.54, 1.807) is 36.2 Å². The topological polar surface area (TPSA) is 88.6 Å². The minimum atomic E-state index is -1.18. The number of aromatic nitrogens is 1. The maximum absolute atomic E-state index is 10.8. The van der Waals surface area contributed by atoms with Gasteiger partial charge in [0.05, 0.1) is 6.26 Å². The summed E-state index contributed by atoms with van der Waals surface area (Å²) in [6, 6.07) is 7.26. The lowest BCUT2D eigenvalue weighted by atomic mass is 9.94. The Morgan fingerprint density at radius 3 is 2.76 bits per heavy atom. The number of halogens is 1. The molecule has 4 rings (SSSR count). The van der Waals surface area contributed by atoms with Crippen LogP contribution in [-0.4, -0.2) is 52.6 Å². The van der Waals surface area contributed by atoms with Gasteiger partial charge in [0.25, 0.3) is 0 Å². The molecule has 0 spiro atoms. The molecule has 0 radical (unpaired) electrons. The second-order valence-corrected chi connectivity index (χ2v) is 7.47. The first-order valence-electron chi connectivity index (χ1n) is 9.20. The first-order chi connectivity index (χ1) is 14.0. The van der Waals surface area contributed by atoms with E-state index in [1.165, 1.54) is 0 Å². The van der Waals surface area contributed by atoms with Crippen molar-refractivity contribution in [3.63, 3.8) is 0 Å². The smallest absolute Gasteiger partial charge is 0.164 e. The lowest BCUT2D eigenvalue weighted by Crippen LogP contribution is -2.36. The van der Waals surface area contributed by atoms with Crippen LogP contribution in [0.2, 0.25) is 5.02 Å². The van der Waals surface area contributed by atoms with E-state index in [0.717, 1.165) is 22.4 Å². The lowest BCUT2D eigenvalue weighted by molar-refractivity contribution is -0.0895. The molecule has 0 bridgehead atoms. The van der Waals surface area contributed by atoms with Crippen LogP contribution in [0.25, 0.3) is 6.08 Å². The molecule has 0 aliphatic carbocycles. The number of hydrogen-bond donors (Lipinski definition) is 2. The molecule has 2 N–H and O–H groups in total. The van der Waals surface area contributed by atoms with Crippen LogP contribution in [-0.2, 0) is 9.47 Å². The molecule has 1 aromatic heterocycles. The Labute approximate surface area is 173 Å². The average Bonchev–Trinajstić information content (AvgIpc) is 3.28. The predicted octanol–water partition coefficient (Wildman–Crippen LogP) is 3.27. The number of aliphatic imine (C=N–C) groups is 2.